The lowest BCUT2D eigenvalue weighted by atomic mass is 10.1. The van der Waals surface area contributed by atoms with Gasteiger partial charge in [-0.2, -0.15) is 0 Å². The number of H-pyrrole nitrogens is 1. The normalized spacial score (nSPS) is 18.0. The number of ether oxygens (including phenoxy) is 2. The summed E-state index contributed by atoms with van der Waals surface area (Å²) in [6.45, 7) is 1.20. The van der Waals surface area contributed by atoms with Crippen LogP contribution in [0.5, 0.6) is 5.75 Å². The second-order valence-corrected chi connectivity index (χ2v) is 9.74. The van der Waals surface area contributed by atoms with Gasteiger partial charge in [0.1, 0.15) is 42.2 Å². The molecule has 10 nitrogen and oxygen atoms in total. The quantitative estimate of drug-likeness (QED) is 0.201. The van der Waals surface area contributed by atoms with Crippen molar-refractivity contribution in [1.29, 1.82) is 0 Å². The summed E-state index contributed by atoms with van der Waals surface area (Å²) in [6, 6.07) is 8.80. The minimum atomic E-state index is -1.01. The summed E-state index contributed by atoms with van der Waals surface area (Å²) in [5, 5.41) is 21.0. The Hall–Kier alpha value is -3.07. The molecule has 1 aliphatic rings. The van der Waals surface area contributed by atoms with Gasteiger partial charge in [-0.05, 0) is 65.4 Å². The minimum Gasteiger partial charge on any atom is -0.491 e. The van der Waals surface area contributed by atoms with Crippen LogP contribution in [0.15, 0.2) is 48.7 Å². The van der Waals surface area contributed by atoms with Gasteiger partial charge in [-0.15, -0.1) is 0 Å². The number of carbonyl (C=O) groups excluding carboxylic acids is 2. The highest BCUT2D eigenvalue weighted by atomic mass is 127. The van der Waals surface area contributed by atoms with Crippen LogP contribution in [0, 0.1) is 9.39 Å². The van der Waals surface area contributed by atoms with Crippen molar-refractivity contribution in [2.24, 2.45) is 0 Å². The van der Waals surface area contributed by atoms with Gasteiger partial charge >= 0.3 is 6.03 Å². The number of rotatable bonds is 10. The summed E-state index contributed by atoms with van der Waals surface area (Å²) in [4.78, 5) is 34.9. The molecular weight excluding hydrogens is 598 g/mol. The van der Waals surface area contributed by atoms with Crippen molar-refractivity contribution in [2.45, 2.75) is 31.2 Å². The Bertz CT molecular complexity index is 1270. The first kappa shape index (κ1) is 27.0. The van der Waals surface area contributed by atoms with E-state index in [4.69, 9.17) is 14.6 Å². The highest BCUT2D eigenvalue weighted by molar-refractivity contribution is 14.1. The van der Waals surface area contributed by atoms with Gasteiger partial charge in [-0.1, -0.05) is 12.1 Å². The molecule has 2 unspecified atom stereocenters. The summed E-state index contributed by atoms with van der Waals surface area (Å²) < 4.78 is 26.1. The van der Waals surface area contributed by atoms with Crippen LogP contribution in [-0.2, 0) is 9.53 Å². The molecule has 1 saturated heterocycles. The van der Waals surface area contributed by atoms with Crippen molar-refractivity contribution in [3.63, 3.8) is 0 Å². The first-order chi connectivity index (χ1) is 17.7. The van der Waals surface area contributed by atoms with Crippen molar-refractivity contribution in [2.75, 3.05) is 20.3 Å². The third-order valence-electron chi connectivity index (χ3n) is 6.03. The molecule has 12 heteroatoms. The highest BCUT2D eigenvalue weighted by Gasteiger charge is 2.46. The average Bonchev–Trinajstić information content (AvgIpc) is 3.48. The number of imidazole rings is 1. The van der Waals surface area contributed by atoms with E-state index in [1.165, 1.54) is 19.4 Å². The molecule has 0 saturated carbocycles. The molecule has 0 bridgehead atoms. The number of aliphatic hydroxyl groups excluding tert-OH is 2. The fourth-order valence-electron chi connectivity index (χ4n) is 4.00. The molecule has 0 aliphatic carbocycles. The second-order valence-electron chi connectivity index (χ2n) is 8.50. The molecule has 4 N–H and O–H groups in total. The van der Waals surface area contributed by atoms with E-state index in [9.17, 15) is 19.1 Å². The number of methoxy groups -OCH3 is 1. The van der Waals surface area contributed by atoms with Gasteiger partial charge in [0.15, 0.2) is 0 Å². The van der Waals surface area contributed by atoms with Gasteiger partial charge in [-0.3, -0.25) is 4.79 Å². The second kappa shape index (κ2) is 11.5. The number of aliphatic hydroxyl groups is 2. The molecule has 3 amide bonds. The van der Waals surface area contributed by atoms with E-state index >= 15 is 0 Å². The van der Waals surface area contributed by atoms with Crippen LogP contribution >= 0.6 is 22.6 Å². The number of aromatic nitrogens is 2. The van der Waals surface area contributed by atoms with Gasteiger partial charge in [0, 0.05) is 16.2 Å². The Kier molecular flexibility index (Phi) is 8.42. The fourth-order valence-corrected chi connectivity index (χ4v) is 4.45. The van der Waals surface area contributed by atoms with Crippen LogP contribution in [0.1, 0.15) is 30.4 Å². The van der Waals surface area contributed by atoms with Gasteiger partial charge < -0.3 is 30.0 Å². The number of urea groups is 1. The Labute approximate surface area is 225 Å². The fraction of sp³-hybridized carbons (Fsp3) is 0.320. The van der Waals surface area contributed by atoms with E-state index in [0.29, 0.717) is 22.6 Å². The van der Waals surface area contributed by atoms with E-state index in [1.54, 1.807) is 43.3 Å². The Morgan fingerprint density at radius 1 is 1.22 bits per heavy atom. The number of nitrogens with one attached hydrogen (secondary N) is 2. The van der Waals surface area contributed by atoms with Crippen LogP contribution in [-0.4, -0.2) is 69.6 Å². The predicted octanol–water partition coefficient (Wildman–Crippen LogP) is 2.92. The molecule has 1 fully saturated rings. The first-order valence-electron chi connectivity index (χ1n) is 11.4. The SMILES string of the molecule is CO[C@H](C)[C@@H](c1ncc(-c2ccc(I)cc2F)[nH]1)N1C(=O)NC(c2ccc(OCC(O)CO)cc2)C1=O. The lowest BCUT2D eigenvalue weighted by Gasteiger charge is -2.28. The number of hydrogen-bond acceptors (Lipinski definition) is 7. The number of aromatic amines is 1. The van der Waals surface area contributed by atoms with E-state index < -0.39 is 48.7 Å². The number of hydrogen-bond donors (Lipinski definition) is 4. The molecule has 3 aromatic rings. The largest absolute Gasteiger partial charge is 0.491 e. The molecule has 37 heavy (non-hydrogen) atoms. The number of benzene rings is 2. The molecule has 2 aromatic carbocycles. The number of amides is 3. The maximum absolute atomic E-state index is 14.5. The topological polar surface area (TPSA) is 137 Å². The zero-order valence-electron chi connectivity index (χ0n) is 20.0. The van der Waals surface area contributed by atoms with E-state index in [2.05, 4.69) is 15.3 Å². The maximum atomic E-state index is 14.5. The third kappa shape index (κ3) is 5.76. The van der Waals surface area contributed by atoms with Crippen LogP contribution in [0.2, 0.25) is 0 Å². The summed E-state index contributed by atoms with van der Waals surface area (Å²) in [5.41, 5.74) is 1.25. The van der Waals surface area contributed by atoms with Crippen molar-refractivity contribution >= 4 is 34.5 Å². The van der Waals surface area contributed by atoms with Crippen LogP contribution in [0.25, 0.3) is 11.3 Å². The van der Waals surface area contributed by atoms with Gasteiger partial charge in [0.25, 0.3) is 5.91 Å². The third-order valence-corrected chi connectivity index (χ3v) is 6.70. The summed E-state index contributed by atoms with van der Waals surface area (Å²) in [5.74, 6) is -0.215. The Morgan fingerprint density at radius 2 is 1.95 bits per heavy atom. The van der Waals surface area contributed by atoms with Crippen molar-refractivity contribution in [3.8, 4) is 17.0 Å². The zero-order valence-corrected chi connectivity index (χ0v) is 22.2. The van der Waals surface area contributed by atoms with E-state index in [0.717, 1.165) is 8.47 Å². The van der Waals surface area contributed by atoms with Gasteiger partial charge in [0.2, 0.25) is 0 Å². The first-order valence-corrected chi connectivity index (χ1v) is 12.5. The molecule has 1 aliphatic heterocycles. The van der Waals surface area contributed by atoms with Gasteiger partial charge in [-0.25, -0.2) is 19.1 Å². The van der Waals surface area contributed by atoms with Crippen molar-refractivity contribution < 1.29 is 33.7 Å². The molecule has 1 aromatic heterocycles. The number of nitrogens with zero attached hydrogens (tertiary/aromatic N) is 2. The molecule has 2 heterocycles. The lowest BCUT2D eigenvalue weighted by molar-refractivity contribution is -0.131. The van der Waals surface area contributed by atoms with Crippen molar-refractivity contribution in [3.05, 3.63) is 69.4 Å². The number of carbonyl (C=O) groups is 2. The molecule has 0 radical (unpaired) electrons. The molecule has 196 valence electrons. The molecular formula is C25H26FIN4O6. The standard InChI is InChI=1S/C25H26FIN4O6/c1-13(36-2)22(23-28-10-20(29-23)18-8-5-15(27)9-19(18)26)31-24(34)21(30-25(31)35)14-3-6-17(7-4-14)37-12-16(33)11-32/h3-10,13,16,21-22,32-33H,11-12H2,1-2H3,(H,28,29)(H,30,35)/t13-,16?,21?,22+/m1/s1. The average molecular weight is 624 g/mol. The Morgan fingerprint density at radius 3 is 2.59 bits per heavy atom. The van der Waals surface area contributed by atoms with Gasteiger partial charge in [0.05, 0.1) is 24.6 Å². The highest BCUT2D eigenvalue weighted by Crippen LogP contribution is 2.34. The van der Waals surface area contributed by atoms with Crippen LogP contribution < -0.4 is 10.1 Å². The van der Waals surface area contributed by atoms with Crippen molar-refractivity contribution in [1.82, 2.24) is 20.2 Å². The molecule has 4 rings (SSSR count). The maximum Gasteiger partial charge on any atom is 0.325 e. The summed E-state index contributed by atoms with van der Waals surface area (Å²) in [7, 11) is 1.46. The minimum absolute atomic E-state index is 0.0868. The lowest BCUT2D eigenvalue weighted by Crippen LogP contribution is -2.41. The molecule has 4 atom stereocenters. The van der Waals surface area contributed by atoms with Crippen LogP contribution in [0.4, 0.5) is 9.18 Å². The Balaban J connectivity index is 1.58. The molecule has 0 spiro atoms. The number of imide groups is 1. The monoisotopic (exact) mass is 624 g/mol. The van der Waals surface area contributed by atoms with Crippen LogP contribution in [0.3, 0.4) is 0 Å². The smallest absolute Gasteiger partial charge is 0.325 e. The zero-order chi connectivity index (χ0) is 26.7. The van der Waals surface area contributed by atoms with E-state index in [1.807, 2.05) is 22.6 Å². The number of halogens is 2. The summed E-state index contributed by atoms with van der Waals surface area (Å²) in [6.07, 6.45) is -0.172. The summed E-state index contributed by atoms with van der Waals surface area (Å²) >= 11 is 2.02. The predicted molar refractivity (Wildman–Crippen MR) is 139 cm³/mol. The van der Waals surface area contributed by atoms with E-state index in [-0.39, 0.29) is 12.4 Å².